The first-order valence-corrected chi connectivity index (χ1v) is 13.6. The molecule has 1 N–H and O–H groups in total. The van der Waals surface area contributed by atoms with Crippen LogP contribution in [0.4, 0.5) is 0 Å². The summed E-state index contributed by atoms with van der Waals surface area (Å²) in [6.07, 6.45) is 5.02. The number of nitrogens with zero attached hydrogens (tertiary/aromatic N) is 1. The van der Waals surface area contributed by atoms with Crippen molar-refractivity contribution in [1.29, 1.82) is 0 Å². The largest absolute Gasteiger partial charge is 0.452 e. The number of carbonyl (C=O) groups is 2. The molecule has 3 fully saturated rings. The van der Waals surface area contributed by atoms with Crippen molar-refractivity contribution in [2.24, 2.45) is 23.7 Å². The molecule has 2 aliphatic carbocycles. The summed E-state index contributed by atoms with van der Waals surface area (Å²) in [5.41, 5.74) is 0. The van der Waals surface area contributed by atoms with Gasteiger partial charge in [-0.2, -0.15) is 4.31 Å². The number of amides is 1. The summed E-state index contributed by atoms with van der Waals surface area (Å²) in [6, 6.07) is 3.40. The second-order valence-corrected chi connectivity index (χ2v) is 12.4. The van der Waals surface area contributed by atoms with E-state index in [1.807, 2.05) is 0 Å². The SMILES string of the molecule is C[C@H](OC(=O)C1CCN(S(=O)(=O)c2cccs2)CC1)C(=O)N[C@@H](C)[C@H]1C[C@H]2CC[C@H]1C2. The van der Waals surface area contributed by atoms with Gasteiger partial charge in [-0.3, -0.25) is 9.59 Å². The molecule has 2 heterocycles. The third kappa shape index (κ3) is 4.83. The Balaban J connectivity index is 1.23. The number of fused-ring (bicyclic) bond motifs is 2. The fourth-order valence-corrected chi connectivity index (χ4v) is 8.16. The van der Waals surface area contributed by atoms with Crippen molar-refractivity contribution in [2.75, 3.05) is 13.1 Å². The smallest absolute Gasteiger partial charge is 0.309 e. The topological polar surface area (TPSA) is 92.8 Å². The van der Waals surface area contributed by atoms with Crippen LogP contribution in [0.5, 0.6) is 0 Å². The summed E-state index contributed by atoms with van der Waals surface area (Å²) < 4.78 is 32.4. The van der Waals surface area contributed by atoms with E-state index < -0.39 is 22.1 Å². The van der Waals surface area contributed by atoms with Gasteiger partial charge in [0.25, 0.3) is 15.9 Å². The molecule has 7 nitrogen and oxygen atoms in total. The Bertz CT molecular complexity index is 893. The van der Waals surface area contributed by atoms with E-state index in [-0.39, 0.29) is 31.0 Å². The molecule has 1 aromatic rings. The van der Waals surface area contributed by atoms with E-state index >= 15 is 0 Å². The quantitative estimate of drug-likeness (QED) is 0.621. The molecule has 1 amide bonds. The Morgan fingerprint density at radius 2 is 1.90 bits per heavy atom. The van der Waals surface area contributed by atoms with Crippen molar-refractivity contribution >= 4 is 33.2 Å². The van der Waals surface area contributed by atoms with Gasteiger partial charge in [-0.15, -0.1) is 11.3 Å². The molecule has 9 heteroatoms. The summed E-state index contributed by atoms with van der Waals surface area (Å²) in [5.74, 6) is 1.02. The minimum Gasteiger partial charge on any atom is -0.452 e. The molecule has 3 aliphatic rings. The zero-order chi connectivity index (χ0) is 22.2. The molecule has 1 aromatic heterocycles. The van der Waals surface area contributed by atoms with E-state index in [4.69, 9.17) is 4.74 Å². The zero-order valence-electron chi connectivity index (χ0n) is 18.2. The van der Waals surface area contributed by atoms with Gasteiger partial charge < -0.3 is 10.1 Å². The molecule has 4 rings (SSSR count). The Hall–Kier alpha value is -1.45. The average molecular weight is 469 g/mol. The molecular formula is C22H32N2O5S2. The second kappa shape index (κ2) is 9.19. The number of sulfonamides is 1. The Morgan fingerprint density at radius 1 is 1.16 bits per heavy atom. The Labute approximate surface area is 188 Å². The molecule has 1 aliphatic heterocycles. The fourth-order valence-electron chi connectivity index (χ4n) is 5.55. The number of hydrogen-bond donors (Lipinski definition) is 1. The van der Waals surface area contributed by atoms with Gasteiger partial charge in [-0.05, 0) is 75.2 Å². The monoisotopic (exact) mass is 468 g/mol. The number of nitrogens with one attached hydrogen (secondary N) is 1. The summed E-state index contributed by atoms with van der Waals surface area (Å²) in [4.78, 5) is 25.2. The highest BCUT2D eigenvalue weighted by Crippen LogP contribution is 2.49. The van der Waals surface area contributed by atoms with Crippen molar-refractivity contribution in [3.63, 3.8) is 0 Å². The molecule has 0 spiro atoms. The lowest BCUT2D eigenvalue weighted by molar-refractivity contribution is -0.160. The fraction of sp³-hybridized carbons (Fsp3) is 0.727. The van der Waals surface area contributed by atoms with Crippen LogP contribution in [0.1, 0.15) is 52.4 Å². The van der Waals surface area contributed by atoms with E-state index in [0.717, 1.165) is 5.92 Å². The normalized spacial score (nSPS) is 28.9. The predicted molar refractivity (Wildman–Crippen MR) is 118 cm³/mol. The van der Waals surface area contributed by atoms with Gasteiger partial charge in [0.15, 0.2) is 6.10 Å². The van der Waals surface area contributed by atoms with E-state index in [1.165, 1.54) is 41.3 Å². The summed E-state index contributed by atoms with van der Waals surface area (Å²) >= 11 is 1.19. The lowest BCUT2D eigenvalue weighted by Gasteiger charge is -2.31. The van der Waals surface area contributed by atoms with Crippen LogP contribution in [0, 0.1) is 23.7 Å². The first kappa shape index (κ1) is 22.7. The van der Waals surface area contributed by atoms with Crippen LogP contribution in [0.2, 0.25) is 0 Å². The van der Waals surface area contributed by atoms with Gasteiger partial charge in [0, 0.05) is 19.1 Å². The molecule has 172 valence electrons. The predicted octanol–water partition coefficient (Wildman–Crippen LogP) is 3.02. The Morgan fingerprint density at radius 3 is 2.48 bits per heavy atom. The standard InChI is InChI=1S/C22H32N2O5S2/c1-14(19-13-16-5-6-18(19)12-16)23-21(25)15(2)29-22(26)17-7-9-24(10-8-17)31(27,28)20-4-3-11-30-20/h3-4,11,14-19H,5-10,12-13H2,1-2H3,(H,23,25)/t14-,15-,16-,18-,19+/m0/s1. The van der Waals surface area contributed by atoms with Gasteiger partial charge in [0.1, 0.15) is 4.21 Å². The molecular weight excluding hydrogens is 436 g/mol. The van der Waals surface area contributed by atoms with Gasteiger partial charge in [-0.1, -0.05) is 12.5 Å². The van der Waals surface area contributed by atoms with Gasteiger partial charge in [0.2, 0.25) is 0 Å². The number of hydrogen-bond acceptors (Lipinski definition) is 6. The third-order valence-electron chi connectivity index (χ3n) is 7.34. The second-order valence-electron chi connectivity index (χ2n) is 9.33. The summed E-state index contributed by atoms with van der Waals surface area (Å²) in [7, 11) is -3.49. The molecule has 0 unspecified atom stereocenters. The number of thiophene rings is 1. The highest BCUT2D eigenvalue weighted by atomic mass is 32.2. The van der Waals surface area contributed by atoms with Crippen LogP contribution in [0.15, 0.2) is 21.7 Å². The van der Waals surface area contributed by atoms with Crippen molar-refractivity contribution in [2.45, 2.75) is 68.7 Å². The molecule has 2 bridgehead atoms. The number of esters is 1. The number of rotatable bonds is 7. The van der Waals surface area contributed by atoms with Crippen LogP contribution in [0.25, 0.3) is 0 Å². The summed E-state index contributed by atoms with van der Waals surface area (Å²) in [5, 5.41) is 4.79. The lowest BCUT2D eigenvalue weighted by atomic mass is 9.84. The minimum absolute atomic E-state index is 0.0923. The number of piperidine rings is 1. The van der Waals surface area contributed by atoms with Gasteiger partial charge in [0.05, 0.1) is 5.92 Å². The van der Waals surface area contributed by atoms with Crippen molar-refractivity contribution in [3.8, 4) is 0 Å². The van der Waals surface area contributed by atoms with Crippen LogP contribution in [-0.2, 0) is 24.3 Å². The zero-order valence-corrected chi connectivity index (χ0v) is 19.8. The van der Waals surface area contributed by atoms with Crippen LogP contribution in [0.3, 0.4) is 0 Å². The van der Waals surface area contributed by atoms with E-state index in [1.54, 1.807) is 24.4 Å². The first-order valence-electron chi connectivity index (χ1n) is 11.3. The molecule has 5 atom stereocenters. The molecule has 0 aromatic carbocycles. The first-order chi connectivity index (χ1) is 14.8. The number of carbonyl (C=O) groups excluding carboxylic acids is 2. The van der Waals surface area contributed by atoms with E-state index in [9.17, 15) is 18.0 Å². The molecule has 1 saturated heterocycles. The molecule has 31 heavy (non-hydrogen) atoms. The molecule has 2 saturated carbocycles. The van der Waals surface area contributed by atoms with Crippen LogP contribution >= 0.6 is 11.3 Å². The summed E-state index contributed by atoms with van der Waals surface area (Å²) in [6.45, 7) is 4.22. The average Bonchev–Trinajstić information content (AvgIpc) is 3.52. The maximum atomic E-state index is 12.6. The molecule has 0 radical (unpaired) electrons. The van der Waals surface area contributed by atoms with E-state index in [0.29, 0.717) is 28.9 Å². The van der Waals surface area contributed by atoms with Gasteiger partial charge >= 0.3 is 5.97 Å². The highest BCUT2D eigenvalue weighted by molar-refractivity contribution is 7.91. The maximum Gasteiger partial charge on any atom is 0.309 e. The van der Waals surface area contributed by atoms with Crippen molar-refractivity contribution in [3.05, 3.63) is 17.5 Å². The minimum atomic E-state index is -3.49. The van der Waals surface area contributed by atoms with Crippen molar-refractivity contribution in [1.82, 2.24) is 9.62 Å². The van der Waals surface area contributed by atoms with E-state index in [2.05, 4.69) is 12.2 Å². The van der Waals surface area contributed by atoms with Gasteiger partial charge in [-0.25, -0.2) is 8.42 Å². The van der Waals surface area contributed by atoms with Crippen molar-refractivity contribution < 1.29 is 22.7 Å². The third-order valence-corrected chi connectivity index (χ3v) is 10.6. The number of ether oxygens (including phenoxy) is 1. The van der Waals surface area contributed by atoms with Crippen LogP contribution < -0.4 is 5.32 Å². The lowest BCUT2D eigenvalue weighted by Crippen LogP contribution is -2.46. The maximum absolute atomic E-state index is 12.6. The van der Waals surface area contributed by atoms with Crippen LogP contribution in [-0.4, -0.2) is 49.8 Å². The Kier molecular flexibility index (Phi) is 6.74. The highest BCUT2D eigenvalue weighted by Gasteiger charge is 2.42.